The molecule has 1 aliphatic carbocycles. The van der Waals surface area contributed by atoms with Crippen molar-refractivity contribution < 1.29 is 4.79 Å². The molecule has 1 atom stereocenters. The second kappa shape index (κ2) is 6.11. The summed E-state index contributed by atoms with van der Waals surface area (Å²) in [5, 5.41) is 12.5. The maximum absolute atomic E-state index is 12.4. The van der Waals surface area contributed by atoms with Gasteiger partial charge in [-0.1, -0.05) is 18.7 Å². The van der Waals surface area contributed by atoms with Crippen molar-refractivity contribution in [2.45, 2.75) is 62.7 Å². The van der Waals surface area contributed by atoms with Crippen LogP contribution in [-0.2, 0) is 4.79 Å². The Labute approximate surface area is 123 Å². The SMILES string of the molecule is CC[C@@H]1CCCCN1C(=O)CSc1nnnn1C1CC1. The molecule has 110 valence electrons. The Morgan fingerprint density at radius 3 is 2.95 bits per heavy atom. The average molecular weight is 295 g/mol. The number of carbonyl (C=O) groups excluding carboxylic acids is 1. The lowest BCUT2D eigenvalue weighted by Gasteiger charge is -2.35. The molecule has 2 fully saturated rings. The van der Waals surface area contributed by atoms with Crippen LogP contribution >= 0.6 is 11.8 Å². The smallest absolute Gasteiger partial charge is 0.233 e. The number of thioether (sulfide) groups is 1. The average Bonchev–Trinajstić information content (AvgIpc) is 3.23. The molecule has 3 rings (SSSR count). The van der Waals surface area contributed by atoms with Crippen LogP contribution in [0.2, 0.25) is 0 Å². The first-order valence-electron chi connectivity index (χ1n) is 7.49. The fourth-order valence-electron chi connectivity index (χ4n) is 2.79. The minimum Gasteiger partial charge on any atom is -0.339 e. The van der Waals surface area contributed by atoms with E-state index in [4.69, 9.17) is 0 Å². The summed E-state index contributed by atoms with van der Waals surface area (Å²) in [5.41, 5.74) is 0. The predicted molar refractivity (Wildman–Crippen MR) is 76.5 cm³/mol. The van der Waals surface area contributed by atoms with Crippen LogP contribution in [0.5, 0.6) is 0 Å². The third-order valence-electron chi connectivity index (χ3n) is 4.10. The van der Waals surface area contributed by atoms with Crippen molar-refractivity contribution in [3.05, 3.63) is 0 Å². The Morgan fingerprint density at radius 1 is 1.35 bits per heavy atom. The molecule has 0 unspecified atom stereocenters. The van der Waals surface area contributed by atoms with E-state index in [-0.39, 0.29) is 5.91 Å². The quantitative estimate of drug-likeness (QED) is 0.776. The zero-order chi connectivity index (χ0) is 13.9. The fraction of sp³-hybridized carbons (Fsp3) is 0.846. The molecule has 0 radical (unpaired) electrons. The van der Waals surface area contributed by atoms with E-state index in [1.807, 2.05) is 4.68 Å². The van der Waals surface area contributed by atoms with Crippen LogP contribution in [0.4, 0.5) is 0 Å². The van der Waals surface area contributed by atoms with E-state index in [1.54, 1.807) is 0 Å². The van der Waals surface area contributed by atoms with Crippen molar-refractivity contribution in [1.82, 2.24) is 25.1 Å². The van der Waals surface area contributed by atoms with Crippen LogP contribution < -0.4 is 0 Å². The first-order valence-corrected chi connectivity index (χ1v) is 8.48. The molecule has 0 spiro atoms. The summed E-state index contributed by atoms with van der Waals surface area (Å²) in [6.45, 7) is 3.07. The van der Waals surface area contributed by atoms with Crippen molar-refractivity contribution in [3.8, 4) is 0 Å². The van der Waals surface area contributed by atoms with Gasteiger partial charge in [-0.25, -0.2) is 4.68 Å². The topological polar surface area (TPSA) is 63.9 Å². The van der Waals surface area contributed by atoms with Gasteiger partial charge in [-0.05, 0) is 49.0 Å². The number of nitrogens with zero attached hydrogens (tertiary/aromatic N) is 5. The first-order chi connectivity index (χ1) is 9.79. The number of aromatic nitrogens is 4. The van der Waals surface area contributed by atoms with Crippen LogP contribution in [0.25, 0.3) is 0 Å². The molecule has 1 amide bonds. The monoisotopic (exact) mass is 295 g/mol. The van der Waals surface area contributed by atoms with Crippen molar-refractivity contribution in [2.24, 2.45) is 0 Å². The summed E-state index contributed by atoms with van der Waals surface area (Å²) in [6.07, 6.45) is 6.87. The second-order valence-corrected chi connectivity index (χ2v) is 6.51. The van der Waals surface area contributed by atoms with Gasteiger partial charge in [-0.15, -0.1) is 5.10 Å². The number of rotatable bonds is 5. The molecule has 1 aliphatic heterocycles. The highest BCUT2D eigenvalue weighted by Crippen LogP contribution is 2.36. The number of hydrogen-bond donors (Lipinski definition) is 0. The molecule has 0 N–H and O–H groups in total. The minimum absolute atomic E-state index is 0.229. The highest BCUT2D eigenvalue weighted by Gasteiger charge is 2.29. The first kappa shape index (κ1) is 13.9. The minimum atomic E-state index is 0.229. The number of likely N-dealkylation sites (tertiary alicyclic amines) is 1. The van der Waals surface area contributed by atoms with Crippen LogP contribution in [0.1, 0.15) is 51.5 Å². The summed E-state index contributed by atoms with van der Waals surface area (Å²) < 4.78 is 1.87. The second-order valence-electron chi connectivity index (χ2n) is 5.57. The van der Waals surface area contributed by atoms with Crippen molar-refractivity contribution in [1.29, 1.82) is 0 Å². The molecule has 1 aromatic heterocycles. The Bertz CT molecular complexity index is 473. The molecular formula is C13H21N5OS. The number of tetrazole rings is 1. The standard InChI is InChI=1S/C13H21N5OS/c1-2-10-5-3-4-8-17(10)12(19)9-20-13-14-15-16-18(13)11-6-7-11/h10-11H,2-9H2,1H3/t10-/m1/s1. The summed E-state index contributed by atoms with van der Waals surface area (Å²) in [4.78, 5) is 14.4. The van der Waals surface area contributed by atoms with Gasteiger partial charge in [-0.2, -0.15) is 0 Å². The largest absolute Gasteiger partial charge is 0.339 e. The molecule has 1 saturated heterocycles. The zero-order valence-corrected chi connectivity index (χ0v) is 12.7. The number of piperidine rings is 1. The molecule has 7 heteroatoms. The van der Waals surface area contributed by atoms with Crippen LogP contribution in [0.3, 0.4) is 0 Å². The van der Waals surface area contributed by atoms with Gasteiger partial charge in [0.15, 0.2) is 0 Å². The van der Waals surface area contributed by atoms with Crippen molar-refractivity contribution in [3.63, 3.8) is 0 Å². The summed E-state index contributed by atoms with van der Waals surface area (Å²) >= 11 is 1.47. The Kier molecular flexibility index (Phi) is 4.24. The van der Waals surface area contributed by atoms with Crippen LogP contribution in [0, 0.1) is 0 Å². The van der Waals surface area contributed by atoms with Gasteiger partial charge < -0.3 is 4.90 Å². The molecule has 1 saturated carbocycles. The molecule has 0 aromatic carbocycles. The van der Waals surface area contributed by atoms with Crippen molar-refractivity contribution in [2.75, 3.05) is 12.3 Å². The van der Waals surface area contributed by atoms with Gasteiger partial charge in [0.1, 0.15) is 0 Å². The van der Waals surface area contributed by atoms with E-state index in [1.165, 1.54) is 18.2 Å². The number of amides is 1. The Hall–Kier alpha value is -1.11. The lowest BCUT2D eigenvalue weighted by atomic mass is 10.0. The molecule has 2 heterocycles. The van der Waals surface area contributed by atoms with Gasteiger partial charge in [0.25, 0.3) is 0 Å². The maximum atomic E-state index is 12.4. The summed E-state index contributed by atoms with van der Waals surface area (Å²) in [7, 11) is 0. The van der Waals surface area contributed by atoms with Gasteiger partial charge in [0.05, 0.1) is 11.8 Å². The van der Waals surface area contributed by atoms with E-state index in [9.17, 15) is 4.79 Å². The summed E-state index contributed by atoms with van der Waals surface area (Å²) in [6, 6.07) is 0.886. The highest BCUT2D eigenvalue weighted by atomic mass is 32.2. The Morgan fingerprint density at radius 2 is 2.20 bits per heavy atom. The van der Waals surface area contributed by atoms with Gasteiger partial charge >= 0.3 is 0 Å². The van der Waals surface area contributed by atoms with E-state index >= 15 is 0 Å². The Balaban J connectivity index is 1.56. The third kappa shape index (κ3) is 2.97. The normalized spacial score (nSPS) is 23.1. The van der Waals surface area contributed by atoms with E-state index in [2.05, 4.69) is 27.3 Å². The third-order valence-corrected chi connectivity index (χ3v) is 5.02. The van der Waals surface area contributed by atoms with Crippen LogP contribution in [0.15, 0.2) is 5.16 Å². The number of carbonyl (C=O) groups is 1. The molecule has 20 heavy (non-hydrogen) atoms. The van der Waals surface area contributed by atoms with Crippen LogP contribution in [-0.4, -0.2) is 49.4 Å². The molecular weight excluding hydrogens is 274 g/mol. The number of hydrogen-bond acceptors (Lipinski definition) is 5. The molecule has 0 bridgehead atoms. The van der Waals surface area contributed by atoms with Gasteiger partial charge in [0, 0.05) is 12.6 Å². The van der Waals surface area contributed by atoms with Gasteiger partial charge in [-0.3, -0.25) is 4.79 Å². The molecule has 6 nitrogen and oxygen atoms in total. The predicted octanol–water partition coefficient (Wildman–Crippen LogP) is 1.89. The lowest BCUT2D eigenvalue weighted by Crippen LogP contribution is -2.44. The van der Waals surface area contributed by atoms with E-state index in [0.29, 0.717) is 17.8 Å². The maximum Gasteiger partial charge on any atom is 0.233 e. The lowest BCUT2D eigenvalue weighted by molar-refractivity contribution is -0.132. The van der Waals surface area contributed by atoms with E-state index < -0.39 is 0 Å². The zero-order valence-electron chi connectivity index (χ0n) is 11.9. The fourth-order valence-corrected chi connectivity index (χ4v) is 3.62. The highest BCUT2D eigenvalue weighted by molar-refractivity contribution is 7.99. The van der Waals surface area contributed by atoms with Gasteiger partial charge in [0.2, 0.25) is 11.1 Å². The van der Waals surface area contributed by atoms with E-state index in [0.717, 1.165) is 43.8 Å². The van der Waals surface area contributed by atoms with Crippen molar-refractivity contribution >= 4 is 17.7 Å². The summed E-state index contributed by atoms with van der Waals surface area (Å²) in [5.74, 6) is 0.677. The molecule has 2 aliphatic rings. The molecule has 1 aromatic rings.